The van der Waals surface area contributed by atoms with Crippen molar-refractivity contribution in [2.24, 2.45) is 0 Å². The number of hydrogen-bond acceptors (Lipinski definition) is 5. The molecule has 8 heteroatoms. The molecule has 0 bridgehead atoms. The molecule has 3 rings (SSSR count). The van der Waals surface area contributed by atoms with Gasteiger partial charge in [-0.3, -0.25) is 9.69 Å². The molecule has 1 aliphatic rings. The quantitative estimate of drug-likeness (QED) is 0.571. The van der Waals surface area contributed by atoms with Crippen LogP contribution < -0.4 is 5.32 Å². The van der Waals surface area contributed by atoms with Crippen molar-refractivity contribution in [3.63, 3.8) is 0 Å². The van der Waals surface area contributed by atoms with Gasteiger partial charge in [0.05, 0.1) is 5.56 Å². The first-order valence-electron chi connectivity index (χ1n) is 8.71. The Bertz CT molecular complexity index is 888. The number of nitrogens with zero attached hydrogens (tertiary/aromatic N) is 1. The maximum atomic E-state index is 12.4. The minimum absolute atomic E-state index is 0.275. The molecule has 1 atom stereocenters. The zero-order chi connectivity index (χ0) is 20.1. The van der Waals surface area contributed by atoms with Crippen molar-refractivity contribution in [2.45, 2.75) is 23.7 Å². The maximum absolute atomic E-state index is 12.4. The molecule has 2 aromatic rings. The van der Waals surface area contributed by atoms with E-state index in [0.717, 1.165) is 15.4 Å². The zero-order valence-corrected chi connectivity index (χ0v) is 16.8. The summed E-state index contributed by atoms with van der Waals surface area (Å²) in [4.78, 5) is 38.3. The SMILES string of the molecule is C[C@@H](OC(=O)c1cccc(CSc2ccc(Cl)cc2)c1)C(=O)N1CCNC1=O. The highest BCUT2D eigenvalue weighted by atomic mass is 35.5. The Labute approximate surface area is 172 Å². The van der Waals surface area contributed by atoms with Gasteiger partial charge >= 0.3 is 12.0 Å². The molecule has 1 fully saturated rings. The standard InChI is InChI=1S/C20H19ClN2O4S/c1-13(18(24)23-10-9-22-20(23)26)27-19(25)15-4-2-3-14(11-15)12-28-17-7-5-16(21)6-8-17/h2-8,11,13H,9-10,12H2,1H3,(H,22,26)/t13-/m1/s1. The summed E-state index contributed by atoms with van der Waals surface area (Å²) < 4.78 is 5.26. The van der Waals surface area contributed by atoms with Crippen molar-refractivity contribution in [1.29, 1.82) is 0 Å². The molecule has 0 spiro atoms. The molecule has 1 saturated heterocycles. The van der Waals surface area contributed by atoms with Crippen LogP contribution in [0.25, 0.3) is 0 Å². The smallest absolute Gasteiger partial charge is 0.338 e. The summed E-state index contributed by atoms with van der Waals surface area (Å²) in [7, 11) is 0. The van der Waals surface area contributed by atoms with Crippen LogP contribution in [0.1, 0.15) is 22.8 Å². The highest BCUT2D eigenvalue weighted by molar-refractivity contribution is 7.98. The van der Waals surface area contributed by atoms with Gasteiger partial charge in [-0.2, -0.15) is 0 Å². The number of esters is 1. The Morgan fingerprint density at radius 2 is 2.00 bits per heavy atom. The predicted molar refractivity (Wildman–Crippen MR) is 107 cm³/mol. The van der Waals surface area contributed by atoms with Gasteiger partial charge in [-0.05, 0) is 48.9 Å². The Hall–Kier alpha value is -2.51. The maximum Gasteiger partial charge on any atom is 0.338 e. The molecule has 0 aromatic heterocycles. The average molecular weight is 419 g/mol. The van der Waals surface area contributed by atoms with Crippen molar-refractivity contribution in [3.8, 4) is 0 Å². The van der Waals surface area contributed by atoms with E-state index in [1.165, 1.54) is 6.92 Å². The first kappa shape index (κ1) is 20.2. The van der Waals surface area contributed by atoms with Crippen molar-refractivity contribution in [1.82, 2.24) is 10.2 Å². The Balaban J connectivity index is 1.59. The van der Waals surface area contributed by atoms with E-state index >= 15 is 0 Å². The molecule has 1 N–H and O–H groups in total. The summed E-state index contributed by atoms with van der Waals surface area (Å²) in [5, 5.41) is 3.23. The minimum atomic E-state index is -1.04. The van der Waals surface area contributed by atoms with Gasteiger partial charge in [0.25, 0.3) is 5.91 Å². The Morgan fingerprint density at radius 3 is 2.68 bits per heavy atom. The summed E-state index contributed by atoms with van der Waals surface area (Å²) in [6.45, 7) is 2.14. The third kappa shape index (κ3) is 5.05. The molecule has 0 aliphatic carbocycles. The molecule has 6 nitrogen and oxygen atoms in total. The van der Waals surface area contributed by atoms with E-state index < -0.39 is 24.0 Å². The van der Waals surface area contributed by atoms with Crippen molar-refractivity contribution in [3.05, 3.63) is 64.7 Å². The van der Waals surface area contributed by atoms with E-state index in [1.807, 2.05) is 30.3 Å². The molecular weight excluding hydrogens is 400 g/mol. The first-order chi connectivity index (χ1) is 13.4. The lowest BCUT2D eigenvalue weighted by Gasteiger charge is -2.18. The number of thioether (sulfide) groups is 1. The van der Waals surface area contributed by atoms with Gasteiger partial charge in [-0.25, -0.2) is 9.59 Å². The number of imide groups is 1. The molecule has 0 saturated carbocycles. The summed E-state index contributed by atoms with van der Waals surface area (Å²) in [6, 6.07) is 14.1. The predicted octanol–water partition coefficient (Wildman–Crippen LogP) is 3.73. The minimum Gasteiger partial charge on any atom is -0.449 e. The third-order valence-electron chi connectivity index (χ3n) is 4.14. The Morgan fingerprint density at radius 1 is 1.25 bits per heavy atom. The molecule has 2 aromatic carbocycles. The van der Waals surface area contributed by atoms with Gasteiger partial charge < -0.3 is 10.1 Å². The van der Waals surface area contributed by atoms with E-state index in [9.17, 15) is 14.4 Å². The number of amides is 3. The fourth-order valence-corrected chi connectivity index (χ4v) is 3.63. The number of urea groups is 1. The molecule has 1 heterocycles. The van der Waals surface area contributed by atoms with Gasteiger partial charge in [0.1, 0.15) is 0 Å². The number of rotatable bonds is 6. The second-order valence-corrected chi connectivity index (χ2v) is 7.70. The third-order valence-corrected chi connectivity index (χ3v) is 5.47. The van der Waals surface area contributed by atoms with Gasteiger partial charge in [0, 0.05) is 28.8 Å². The fourth-order valence-electron chi connectivity index (χ4n) is 2.67. The molecule has 0 unspecified atom stereocenters. The molecule has 1 aliphatic heterocycles. The number of benzene rings is 2. The second-order valence-electron chi connectivity index (χ2n) is 6.21. The molecule has 28 heavy (non-hydrogen) atoms. The summed E-state index contributed by atoms with van der Waals surface area (Å²) >= 11 is 7.51. The lowest BCUT2D eigenvalue weighted by Crippen LogP contribution is -2.41. The van der Waals surface area contributed by atoms with Gasteiger partial charge in [-0.15, -0.1) is 11.8 Å². The summed E-state index contributed by atoms with van der Waals surface area (Å²) in [6.07, 6.45) is -1.04. The van der Waals surface area contributed by atoms with E-state index in [2.05, 4.69) is 5.32 Å². The van der Waals surface area contributed by atoms with Crippen LogP contribution in [-0.2, 0) is 15.3 Å². The lowest BCUT2D eigenvalue weighted by atomic mass is 10.1. The van der Waals surface area contributed by atoms with Crippen LogP contribution in [0.15, 0.2) is 53.4 Å². The van der Waals surface area contributed by atoms with Crippen LogP contribution in [0.3, 0.4) is 0 Å². The normalized spacial score (nSPS) is 14.5. The van der Waals surface area contributed by atoms with Crippen LogP contribution in [0.2, 0.25) is 5.02 Å². The van der Waals surface area contributed by atoms with Crippen LogP contribution in [0, 0.1) is 0 Å². The number of hydrogen-bond donors (Lipinski definition) is 1. The van der Waals surface area contributed by atoms with E-state index in [1.54, 1.807) is 30.0 Å². The van der Waals surface area contributed by atoms with Gasteiger partial charge in [0.2, 0.25) is 0 Å². The second kappa shape index (κ2) is 9.12. The van der Waals surface area contributed by atoms with E-state index in [4.69, 9.17) is 16.3 Å². The van der Waals surface area contributed by atoms with Gasteiger partial charge in [-0.1, -0.05) is 23.7 Å². The van der Waals surface area contributed by atoms with Crippen molar-refractivity contribution in [2.75, 3.05) is 13.1 Å². The highest BCUT2D eigenvalue weighted by Gasteiger charge is 2.31. The number of ether oxygens (including phenoxy) is 1. The number of nitrogens with one attached hydrogen (secondary N) is 1. The largest absolute Gasteiger partial charge is 0.449 e. The molecule has 0 radical (unpaired) electrons. The summed E-state index contributed by atoms with van der Waals surface area (Å²) in [5.74, 6) is -0.456. The van der Waals surface area contributed by atoms with Crippen LogP contribution >= 0.6 is 23.4 Å². The van der Waals surface area contributed by atoms with Crippen LogP contribution in [-0.4, -0.2) is 42.0 Å². The van der Waals surface area contributed by atoms with Crippen molar-refractivity contribution < 1.29 is 19.1 Å². The Kier molecular flexibility index (Phi) is 6.59. The van der Waals surface area contributed by atoms with E-state index in [0.29, 0.717) is 22.9 Å². The fraction of sp³-hybridized carbons (Fsp3) is 0.250. The monoisotopic (exact) mass is 418 g/mol. The van der Waals surface area contributed by atoms with Gasteiger partial charge in [0.15, 0.2) is 6.10 Å². The number of carbonyl (C=O) groups is 3. The van der Waals surface area contributed by atoms with Crippen LogP contribution in [0.5, 0.6) is 0 Å². The average Bonchev–Trinajstić information content (AvgIpc) is 3.13. The molecule has 146 valence electrons. The topological polar surface area (TPSA) is 75.7 Å². The first-order valence-corrected chi connectivity index (χ1v) is 10.1. The summed E-state index contributed by atoms with van der Waals surface area (Å²) in [5.41, 5.74) is 1.31. The van der Waals surface area contributed by atoms with Crippen LogP contribution in [0.4, 0.5) is 4.79 Å². The molecule has 3 amide bonds. The lowest BCUT2D eigenvalue weighted by molar-refractivity contribution is -0.136. The number of halogens is 1. The highest BCUT2D eigenvalue weighted by Crippen LogP contribution is 2.24. The zero-order valence-electron chi connectivity index (χ0n) is 15.2. The van der Waals surface area contributed by atoms with Crippen molar-refractivity contribution >= 4 is 41.3 Å². The molecular formula is C20H19ClN2O4S. The number of carbonyl (C=O) groups excluding carboxylic acids is 3. The van der Waals surface area contributed by atoms with E-state index in [-0.39, 0.29) is 6.54 Å².